The number of ether oxygens (including phenoxy) is 2. The van der Waals surface area contributed by atoms with Crippen LogP contribution in [0.25, 0.3) is 22.2 Å². The lowest BCUT2D eigenvalue weighted by Crippen LogP contribution is -2.57. The van der Waals surface area contributed by atoms with Crippen molar-refractivity contribution in [1.82, 2.24) is 24.8 Å². The third-order valence-electron chi connectivity index (χ3n) is 11.9. The van der Waals surface area contributed by atoms with Crippen LogP contribution in [-0.4, -0.2) is 96.5 Å². The number of hydrogen-bond acceptors (Lipinski definition) is 9. The van der Waals surface area contributed by atoms with E-state index in [1.807, 2.05) is 80.3 Å². The van der Waals surface area contributed by atoms with Gasteiger partial charge in [0.15, 0.2) is 0 Å². The molecule has 2 saturated heterocycles. The maximum atomic E-state index is 14.9. The molecule has 0 bridgehead atoms. The fourth-order valence-electron chi connectivity index (χ4n) is 8.14. The van der Waals surface area contributed by atoms with Gasteiger partial charge in [-0.05, 0) is 56.1 Å². The van der Waals surface area contributed by atoms with Crippen molar-refractivity contribution in [3.63, 3.8) is 0 Å². The predicted molar refractivity (Wildman–Crippen MR) is 216 cm³/mol. The van der Waals surface area contributed by atoms with Crippen molar-refractivity contribution < 1.29 is 37.1 Å². The van der Waals surface area contributed by atoms with Gasteiger partial charge in [-0.15, -0.1) is 6.58 Å². The van der Waals surface area contributed by atoms with Gasteiger partial charge < -0.3 is 24.6 Å². The topological polar surface area (TPSA) is 164 Å². The summed E-state index contributed by atoms with van der Waals surface area (Å²) in [6.45, 7) is 10.9. The summed E-state index contributed by atoms with van der Waals surface area (Å²) in [6.07, 6.45) is 4.91. The minimum absolute atomic E-state index is 0.0140. The molecule has 4 amide bonds. The smallest absolute Gasteiger partial charge is 0.259 e. The lowest BCUT2D eigenvalue weighted by Gasteiger charge is -2.36. The van der Waals surface area contributed by atoms with Gasteiger partial charge >= 0.3 is 0 Å². The minimum Gasteiger partial charge on any atom is -0.497 e. The number of fused-ring (bicyclic) bond motifs is 1. The molecule has 3 aromatic rings. The van der Waals surface area contributed by atoms with Crippen LogP contribution in [0.1, 0.15) is 72.1 Å². The van der Waals surface area contributed by atoms with Crippen LogP contribution in [0.5, 0.6) is 11.5 Å². The third-order valence-corrected chi connectivity index (χ3v) is 13.7. The van der Waals surface area contributed by atoms with E-state index in [1.54, 1.807) is 7.11 Å². The van der Waals surface area contributed by atoms with E-state index in [-0.39, 0.29) is 37.6 Å². The fraction of sp³-hybridized carbons (Fsp3) is 0.512. The molecule has 0 spiro atoms. The molecule has 0 radical (unpaired) electrons. The van der Waals surface area contributed by atoms with Crippen LogP contribution in [0.2, 0.25) is 0 Å². The first-order valence-electron chi connectivity index (χ1n) is 19.9. The zero-order valence-electron chi connectivity index (χ0n) is 33.2. The Bertz CT molecular complexity index is 2160. The van der Waals surface area contributed by atoms with Crippen molar-refractivity contribution in [2.75, 3.05) is 26.7 Å². The number of pyridine rings is 1. The highest BCUT2D eigenvalue weighted by Crippen LogP contribution is 2.46. The molecule has 0 unspecified atom stereocenters. The van der Waals surface area contributed by atoms with Crippen LogP contribution in [0.15, 0.2) is 67.3 Å². The fourth-order valence-corrected chi connectivity index (χ4v) is 9.51. The predicted octanol–water partition coefficient (Wildman–Crippen LogP) is 4.99. The average molecular weight is 800 g/mol. The number of carbonyl (C=O) groups is 4. The number of aromatic nitrogens is 1. The molecule has 7 rings (SSSR count). The zero-order chi connectivity index (χ0) is 40.7. The van der Waals surface area contributed by atoms with Crippen molar-refractivity contribution in [1.29, 1.82) is 0 Å². The van der Waals surface area contributed by atoms with E-state index in [2.05, 4.69) is 16.6 Å². The molecule has 2 aliphatic carbocycles. The Labute approximate surface area is 334 Å². The molecule has 57 heavy (non-hydrogen) atoms. The summed E-state index contributed by atoms with van der Waals surface area (Å²) >= 11 is 0. The van der Waals surface area contributed by atoms with Crippen LogP contribution in [0.4, 0.5) is 0 Å². The summed E-state index contributed by atoms with van der Waals surface area (Å²) in [5.74, 6) is -2.03. The lowest BCUT2D eigenvalue weighted by atomic mass is 9.77. The van der Waals surface area contributed by atoms with Gasteiger partial charge in [0.05, 0.1) is 36.0 Å². The van der Waals surface area contributed by atoms with E-state index in [9.17, 15) is 27.6 Å². The van der Waals surface area contributed by atoms with Crippen molar-refractivity contribution in [3.05, 3.63) is 67.3 Å². The van der Waals surface area contributed by atoms with E-state index < -0.39 is 62.0 Å². The summed E-state index contributed by atoms with van der Waals surface area (Å²) in [5.41, 5.74) is -0.0157. The maximum absolute atomic E-state index is 14.9. The highest BCUT2D eigenvalue weighted by molar-refractivity contribution is 7.91. The Balaban J connectivity index is 1.21. The largest absolute Gasteiger partial charge is 0.497 e. The number of methoxy groups -OCH3 is 1. The van der Waals surface area contributed by atoms with Gasteiger partial charge in [0.1, 0.15) is 29.2 Å². The second-order valence-corrected chi connectivity index (χ2v) is 18.9. The van der Waals surface area contributed by atoms with Crippen LogP contribution >= 0.6 is 0 Å². The first kappa shape index (κ1) is 40.2. The Morgan fingerprint density at radius 3 is 2.39 bits per heavy atom. The second-order valence-electron chi connectivity index (χ2n) is 17.0. The summed E-state index contributed by atoms with van der Waals surface area (Å²) in [7, 11) is -2.31. The van der Waals surface area contributed by atoms with Gasteiger partial charge in [0.25, 0.3) is 5.91 Å². The van der Waals surface area contributed by atoms with Crippen molar-refractivity contribution in [2.24, 2.45) is 17.3 Å². The van der Waals surface area contributed by atoms with Crippen molar-refractivity contribution >= 4 is 44.6 Å². The SMILES string of the molecule is C=C[C@@H]1C[C@]1(NC(=O)[C@H]1C[C@@H](Oc2cc(-c3ccccc3)nc3cc(OC)ccc23)CN1C(=O)[C@H](CC(=O)N1CCCCC1)C(C)(C)C)C(=O)NS(=O)(=O)C1CC1. The Kier molecular flexibility index (Phi) is 11.1. The molecule has 1 aromatic heterocycles. The van der Waals surface area contributed by atoms with Gasteiger partial charge in [0.2, 0.25) is 27.7 Å². The molecule has 2 aromatic carbocycles. The Morgan fingerprint density at radius 1 is 1.04 bits per heavy atom. The summed E-state index contributed by atoms with van der Waals surface area (Å²) in [6, 6.07) is 15.9. The zero-order valence-corrected chi connectivity index (χ0v) is 34.0. The van der Waals surface area contributed by atoms with Gasteiger partial charge in [-0.25, -0.2) is 13.4 Å². The van der Waals surface area contributed by atoms with Gasteiger partial charge in [-0.2, -0.15) is 0 Å². The standard InChI is InChI=1S/C43H53N5O8S/c1-6-28-25-43(28,41(52)46-57(53,54)31-16-17-31)45-39(50)36-22-30(26-48(36)40(51)33(42(2,3)4)23-38(49)47-19-11-8-12-20-47)56-37-24-34(27-13-9-7-10-14-27)44-35-21-29(55-5)15-18-32(35)37/h6-7,9-10,13-15,18,21,24,28,30-31,33,36H,1,8,11-12,16-17,19-20,22-23,25-26H2,2-5H3,(H,45,50)(H,46,52)/t28-,30-,33+,36-,43-/m1/s1. The molecule has 4 fully saturated rings. The number of benzene rings is 2. The molecule has 2 saturated carbocycles. The Morgan fingerprint density at radius 2 is 1.75 bits per heavy atom. The number of nitrogens with one attached hydrogen (secondary N) is 2. The molecule has 2 N–H and O–H groups in total. The van der Waals surface area contributed by atoms with Gasteiger partial charge in [-0.1, -0.05) is 57.2 Å². The quantitative estimate of drug-likeness (QED) is 0.227. The van der Waals surface area contributed by atoms with Crippen LogP contribution in [0.3, 0.4) is 0 Å². The third kappa shape index (κ3) is 8.51. The normalized spacial score (nSPS) is 24.0. The lowest BCUT2D eigenvalue weighted by molar-refractivity contribution is -0.148. The van der Waals surface area contributed by atoms with E-state index >= 15 is 0 Å². The first-order valence-corrected chi connectivity index (χ1v) is 21.5. The summed E-state index contributed by atoms with van der Waals surface area (Å²) in [5, 5.41) is 2.94. The van der Waals surface area contributed by atoms with E-state index in [0.717, 1.165) is 24.8 Å². The van der Waals surface area contributed by atoms with E-state index in [1.165, 1.54) is 11.0 Å². The van der Waals surface area contributed by atoms with E-state index in [4.69, 9.17) is 14.5 Å². The summed E-state index contributed by atoms with van der Waals surface area (Å²) in [4.78, 5) is 64.9. The number of hydrogen-bond donors (Lipinski definition) is 2. The number of rotatable bonds is 13. The second kappa shape index (κ2) is 15.8. The maximum Gasteiger partial charge on any atom is 0.259 e. The molecule has 2 aliphatic heterocycles. The van der Waals surface area contributed by atoms with Gasteiger partial charge in [0, 0.05) is 54.9 Å². The molecule has 304 valence electrons. The molecule has 3 heterocycles. The molecule has 5 atom stereocenters. The molecule has 14 heteroatoms. The summed E-state index contributed by atoms with van der Waals surface area (Å²) < 4.78 is 40.1. The molecular formula is C43H53N5O8S. The van der Waals surface area contributed by atoms with Crippen molar-refractivity contribution in [2.45, 2.75) is 95.1 Å². The van der Waals surface area contributed by atoms with Crippen LogP contribution in [0, 0.1) is 17.3 Å². The first-order chi connectivity index (χ1) is 27.1. The molecular weight excluding hydrogens is 747 g/mol. The van der Waals surface area contributed by atoms with Crippen molar-refractivity contribution in [3.8, 4) is 22.8 Å². The number of piperidine rings is 1. The highest BCUT2D eigenvalue weighted by atomic mass is 32.2. The van der Waals surface area contributed by atoms with E-state index in [0.29, 0.717) is 54.0 Å². The number of likely N-dealkylation sites (tertiary alicyclic amines) is 2. The van der Waals surface area contributed by atoms with Crippen LogP contribution < -0.4 is 19.5 Å². The Hall–Kier alpha value is -4.98. The highest BCUT2D eigenvalue weighted by Gasteiger charge is 2.62. The monoisotopic (exact) mass is 799 g/mol. The average Bonchev–Trinajstić information content (AvgIpc) is 4.13. The number of sulfonamides is 1. The number of nitrogens with zero attached hydrogens (tertiary/aromatic N) is 3. The van der Waals surface area contributed by atoms with Crippen LogP contribution in [-0.2, 0) is 29.2 Å². The number of amides is 4. The minimum atomic E-state index is -3.90. The molecule has 4 aliphatic rings. The van der Waals surface area contributed by atoms with Gasteiger partial charge in [-0.3, -0.25) is 23.9 Å². The number of carbonyl (C=O) groups excluding carboxylic acids is 4. The molecule has 13 nitrogen and oxygen atoms in total.